The third kappa shape index (κ3) is 4.30. The Bertz CT molecular complexity index is 340. The van der Waals surface area contributed by atoms with Crippen LogP contribution in [0.25, 0.3) is 0 Å². The topological polar surface area (TPSA) is 46.2 Å². The highest BCUT2D eigenvalue weighted by molar-refractivity contribution is 8.00. The Labute approximate surface area is 106 Å². The fourth-order valence-corrected chi connectivity index (χ4v) is 2.76. The SMILES string of the molecule is CC(N)C(SC(C)C(C)O)c1ccc(F)cc1. The lowest BCUT2D eigenvalue weighted by molar-refractivity contribution is 0.196. The molecule has 4 heteroatoms. The molecule has 0 amide bonds. The molecule has 17 heavy (non-hydrogen) atoms. The van der Waals surface area contributed by atoms with Crippen molar-refractivity contribution in [3.8, 4) is 0 Å². The molecular weight excluding hydrogens is 237 g/mol. The molecule has 4 unspecified atom stereocenters. The predicted octanol–water partition coefficient (Wildman–Crippen LogP) is 2.72. The van der Waals surface area contributed by atoms with Crippen LogP contribution in [0, 0.1) is 5.82 Å². The van der Waals surface area contributed by atoms with Gasteiger partial charge in [0.1, 0.15) is 5.82 Å². The van der Waals surface area contributed by atoms with E-state index in [2.05, 4.69) is 0 Å². The maximum absolute atomic E-state index is 12.9. The van der Waals surface area contributed by atoms with Gasteiger partial charge in [0, 0.05) is 16.5 Å². The second-order valence-corrected chi connectivity index (χ2v) is 5.94. The highest BCUT2D eigenvalue weighted by Gasteiger charge is 2.22. The van der Waals surface area contributed by atoms with Crippen LogP contribution in [0.4, 0.5) is 4.39 Å². The van der Waals surface area contributed by atoms with E-state index in [0.717, 1.165) is 5.56 Å². The maximum atomic E-state index is 12.9. The van der Waals surface area contributed by atoms with Gasteiger partial charge in [-0.05, 0) is 31.5 Å². The number of hydrogen-bond acceptors (Lipinski definition) is 3. The Hall–Kier alpha value is -0.580. The summed E-state index contributed by atoms with van der Waals surface area (Å²) < 4.78 is 12.9. The average molecular weight is 257 g/mol. The number of thioether (sulfide) groups is 1. The lowest BCUT2D eigenvalue weighted by atomic mass is 10.1. The van der Waals surface area contributed by atoms with Crippen molar-refractivity contribution < 1.29 is 9.50 Å². The van der Waals surface area contributed by atoms with Gasteiger partial charge < -0.3 is 10.8 Å². The van der Waals surface area contributed by atoms with E-state index in [9.17, 15) is 9.50 Å². The minimum Gasteiger partial charge on any atom is -0.392 e. The van der Waals surface area contributed by atoms with Gasteiger partial charge in [0.15, 0.2) is 0 Å². The highest BCUT2D eigenvalue weighted by Crippen LogP contribution is 2.35. The lowest BCUT2D eigenvalue weighted by Gasteiger charge is -2.25. The molecule has 3 N–H and O–H groups in total. The van der Waals surface area contributed by atoms with Gasteiger partial charge in [0.25, 0.3) is 0 Å². The Balaban J connectivity index is 2.82. The summed E-state index contributed by atoms with van der Waals surface area (Å²) in [6.07, 6.45) is -0.387. The average Bonchev–Trinajstić information content (AvgIpc) is 2.26. The van der Waals surface area contributed by atoms with Crippen molar-refractivity contribution in [3.05, 3.63) is 35.6 Å². The number of hydrogen-bond donors (Lipinski definition) is 2. The van der Waals surface area contributed by atoms with Crippen molar-refractivity contribution in [3.63, 3.8) is 0 Å². The predicted molar refractivity (Wildman–Crippen MR) is 71.5 cm³/mol. The second kappa shape index (κ2) is 6.38. The summed E-state index contributed by atoms with van der Waals surface area (Å²) in [6, 6.07) is 6.35. The Morgan fingerprint density at radius 1 is 1.18 bits per heavy atom. The molecule has 1 rings (SSSR count). The van der Waals surface area contributed by atoms with Gasteiger partial charge in [-0.2, -0.15) is 0 Å². The van der Waals surface area contributed by atoms with Crippen LogP contribution < -0.4 is 5.73 Å². The van der Waals surface area contributed by atoms with Crippen molar-refractivity contribution in [1.29, 1.82) is 0 Å². The van der Waals surface area contributed by atoms with E-state index in [4.69, 9.17) is 5.73 Å². The minimum absolute atomic E-state index is 0.0494. The summed E-state index contributed by atoms with van der Waals surface area (Å²) in [6.45, 7) is 5.66. The number of benzene rings is 1. The molecule has 1 aromatic rings. The molecule has 0 radical (unpaired) electrons. The van der Waals surface area contributed by atoms with Crippen LogP contribution in [-0.2, 0) is 0 Å². The van der Waals surface area contributed by atoms with E-state index in [1.54, 1.807) is 30.8 Å². The van der Waals surface area contributed by atoms with Crippen LogP contribution in [0.15, 0.2) is 24.3 Å². The first kappa shape index (κ1) is 14.5. The largest absolute Gasteiger partial charge is 0.392 e. The van der Waals surface area contributed by atoms with Crippen molar-refractivity contribution in [2.75, 3.05) is 0 Å². The molecule has 0 heterocycles. The van der Waals surface area contributed by atoms with Crippen LogP contribution in [0.2, 0.25) is 0 Å². The van der Waals surface area contributed by atoms with Gasteiger partial charge in [0.05, 0.1) is 6.10 Å². The van der Waals surface area contributed by atoms with E-state index >= 15 is 0 Å². The molecular formula is C13H20FNOS. The molecule has 96 valence electrons. The smallest absolute Gasteiger partial charge is 0.123 e. The van der Waals surface area contributed by atoms with Crippen LogP contribution in [0.5, 0.6) is 0 Å². The molecule has 0 saturated carbocycles. The van der Waals surface area contributed by atoms with Crippen LogP contribution >= 0.6 is 11.8 Å². The first-order valence-corrected chi connectivity index (χ1v) is 6.70. The zero-order valence-electron chi connectivity index (χ0n) is 10.4. The van der Waals surface area contributed by atoms with Gasteiger partial charge in [0.2, 0.25) is 0 Å². The number of nitrogens with two attached hydrogens (primary N) is 1. The molecule has 4 atom stereocenters. The molecule has 0 bridgehead atoms. The lowest BCUT2D eigenvalue weighted by Crippen LogP contribution is -2.26. The van der Waals surface area contributed by atoms with Crippen molar-refractivity contribution in [2.24, 2.45) is 5.73 Å². The standard InChI is InChI=1S/C13H20FNOS/c1-8(15)13(17-10(3)9(2)16)11-4-6-12(14)7-5-11/h4-10,13,16H,15H2,1-3H3. The Morgan fingerprint density at radius 2 is 1.71 bits per heavy atom. The third-order valence-electron chi connectivity index (χ3n) is 2.72. The van der Waals surface area contributed by atoms with E-state index in [1.165, 1.54) is 12.1 Å². The number of rotatable bonds is 5. The van der Waals surface area contributed by atoms with E-state index in [-0.39, 0.29) is 28.5 Å². The van der Waals surface area contributed by atoms with Crippen molar-refractivity contribution >= 4 is 11.8 Å². The fraction of sp³-hybridized carbons (Fsp3) is 0.538. The van der Waals surface area contributed by atoms with Crippen LogP contribution in [0.1, 0.15) is 31.6 Å². The van der Waals surface area contributed by atoms with Gasteiger partial charge in [-0.1, -0.05) is 19.1 Å². The van der Waals surface area contributed by atoms with Gasteiger partial charge in [-0.3, -0.25) is 0 Å². The summed E-state index contributed by atoms with van der Waals surface area (Å²) in [5.74, 6) is -0.245. The number of aliphatic hydroxyl groups excluding tert-OH is 1. The summed E-state index contributed by atoms with van der Waals surface area (Å²) in [5.41, 5.74) is 6.96. The third-order valence-corrected chi connectivity index (χ3v) is 4.53. The monoisotopic (exact) mass is 257 g/mol. The van der Waals surface area contributed by atoms with E-state index in [1.807, 2.05) is 13.8 Å². The molecule has 0 aliphatic rings. The number of halogens is 1. The normalized spacial score (nSPS) is 18.5. The molecule has 1 aromatic carbocycles. The van der Waals surface area contributed by atoms with Gasteiger partial charge in [-0.15, -0.1) is 11.8 Å². The Kier molecular flexibility index (Phi) is 5.43. The molecule has 0 aromatic heterocycles. The zero-order valence-corrected chi connectivity index (χ0v) is 11.2. The molecule has 0 aliphatic heterocycles. The summed E-state index contributed by atoms with van der Waals surface area (Å²) >= 11 is 1.62. The molecule has 2 nitrogen and oxygen atoms in total. The molecule has 0 spiro atoms. The van der Waals surface area contributed by atoms with E-state index in [0.29, 0.717) is 0 Å². The number of aliphatic hydroxyl groups is 1. The molecule has 0 fully saturated rings. The summed E-state index contributed by atoms with van der Waals surface area (Å²) in [4.78, 5) is 0. The summed E-state index contributed by atoms with van der Waals surface area (Å²) in [7, 11) is 0. The van der Waals surface area contributed by atoms with Gasteiger partial charge in [-0.25, -0.2) is 4.39 Å². The fourth-order valence-electron chi connectivity index (χ4n) is 1.50. The first-order valence-electron chi connectivity index (χ1n) is 5.76. The van der Waals surface area contributed by atoms with E-state index < -0.39 is 0 Å². The van der Waals surface area contributed by atoms with Gasteiger partial charge >= 0.3 is 0 Å². The first-order chi connectivity index (χ1) is 7.91. The maximum Gasteiger partial charge on any atom is 0.123 e. The highest BCUT2D eigenvalue weighted by atomic mass is 32.2. The zero-order chi connectivity index (χ0) is 13.0. The van der Waals surface area contributed by atoms with Crippen LogP contribution in [0.3, 0.4) is 0 Å². The van der Waals surface area contributed by atoms with Crippen molar-refractivity contribution in [1.82, 2.24) is 0 Å². The minimum atomic E-state index is -0.387. The Morgan fingerprint density at radius 3 is 2.12 bits per heavy atom. The summed E-state index contributed by atoms with van der Waals surface area (Å²) in [5, 5.41) is 9.68. The molecule has 0 saturated heterocycles. The molecule has 0 aliphatic carbocycles. The second-order valence-electron chi connectivity index (χ2n) is 4.41. The van der Waals surface area contributed by atoms with Crippen molar-refractivity contribution in [2.45, 2.75) is 43.4 Å². The quantitative estimate of drug-likeness (QED) is 0.852. The van der Waals surface area contributed by atoms with Crippen LogP contribution in [-0.4, -0.2) is 22.5 Å².